The third-order valence-electron chi connectivity index (χ3n) is 3.96. The fraction of sp³-hybridized carbons (Fsp3) is 0.222. The maximum Gasteiger partial charge on any atom is 0.470 e. The molecule has 0 radical (unpaired) electrons. The number of nitrogens with one attached hydrogen (secondary N) is 1. The molecule has 1 N–H and O–H groups in total. The SMILES string of the molecule is CC(=O)N(Cc1ccc(C2NN=C(C(F)(F)F)O2)cc1F)c1cccc(F)c1. The van der Waals surface area contributed by atoms with Gasteiger partial charge in [0.1, 0.15) is 11.6 Å². The van der Waals surface area contributed by atoms with Crippen LogP contribution in [0.2, 0.25) is 0 Å². The van der Waals surface area contributed by atoms with Crippen LogP contribution in [-0.4, -0.2) is 18.0 Å². The predicted octanol–water partition coefficient (Wildman–Crippen LogP) is 4.01. The van der Waals surface area contributed by atoms with Gasteiger partial charge in [-0.15, -0.1) is 5.10 Å². The van der Waals surface area contributed by atoms with E-state index in [0.717, 1.165) is 12.1 Å². The third kappa shape index (κ3) is 4.21. The lowest BCUT2D eigenvalue weighted by Crippen LogP contribution is -2.28. The van der Waals surface area contributed by atoms with Gasteiger partial charge >= 0.3 is 12.1 Å². The molecule has 28 heavy (non-hydrogen) atoms. The minimum absolute atomic E-state index is 0.0874. The molecular weight excluding hydrogens is 385 g/mol. The summed E-state index contributed by atoms with van der Waals surface area (Å²) in [6.45, 7) is 1.07. The summed E-state index contributed by atoms with van der Waals surface area (Å²) in [7, 11) is 0. The van der Waals surface area contributed by atoms with Crippen molar-refractivity contribution in [3.05, 3.63) is 65.2 Å². The Hall–Kier alpha value is -3.17. The van der Waals surface area contributed by atoms with E-state index in [0.29, 0.717) is 0 Å². The van der Waals surface area contributed by atoms with E-state index in [1.165, 1.54) is 42.2 Å². The van der Waals surface area contributed by atoms with Crippen molar-refractivity contribution in [2.24, 2.45) is 5.10 Å². The van der Waals surface area contributed by atoms with Crippen molar-refractivity contribution in [3.63, 3.8) is 0 Å². The van der Waals surface area contributed by atoms with E-state index in [1.54, 1.807) is 0 Å². The molecule has 0 aliphatic carbocycles. The van der Waals surface area contributed by atoms with E-state index < -0.39 is 35.8 Å². The maximum absolute atomic E-state index is 14.5. The Labute approximate surface area is 156 Å². The van der Waals surface area contributed by atoms with E-state index in [1.807, 2.05) is 0 Å². The van der Waals surface area contributed by atoms with Gasteiger partial charge in [0, 0.05) is 23.7 Å². The topological polar surface area (TPSA) is 53.9 Å². The summed E-state index contributed by atoms with van der Waals surface area (Å²) in [5.41, 5.74) is 2.57. The van der Waals surface area contributed by atoms with Crippen LogP contribution in [0.25, 0.3) is 0 Å². The number of benzene rings is 2. The molecule has 1 unspecified atom stereocenters. The van der Waals surface area contributed by atoms with Gasteiger partial charge in [-0.1, -0.05) is 18.2 Å². The summed E-state index contributed by atoms with van der Waals surface area (Å²) in [5.74, 6) is -3.19. The van der Waals surface area contributed by atoms with E-state index in [4.69, 9.17) is 0 Å². The highest BCUT2D eigenvalue weighted by Gasteiger charge is 2.43. The summed E-state index contributed by atoms with van der Waals surface area (Å²) in [4.78, 5) is 13.1. The second-order valence-electron chi connectivity index (χ2n) is 5.98. The quantitative estimate of drug-likeness (QED) is 0.791. The number of halogens is 5. The second-order valence-corrected chi connectivity index (χ2v) is 5.98. The first-order valence-corrected chi connectivity index (χ1v) is 8.04. The van der Waals surface area contributed by atoms with Gasteiger partial charge in [0.2, 0.25) is 12.1 Å². The second kappa shape index (κ2) is 7.45. The van der Waals surface area contributed by atoms with Crippen molar-refractivity contribution >= 4 is 17.5 Å². The van der Waals surface area contributed by atoms with Gasteiger partial charge in [0.15, 0.2) is 0 Å². The minimum atomic E-state index is -4.76. The molecule has 0 aromatic heterocycles. The van der Waals surface area contributed by atoms with Gasteiger partial charge in [-0.05, 0) is 24.3 Å². The van der Waals surface area contributed by atoms with Crippen LogP contribution >= 0.6 is 0 Å². The molecule has 0 spiro atoms. The van der Waals surface area contributed by atoms with Crippen molar-refractivity contribution in [2.45, 2.75) is 25.9 Å². The Morgan fingerprint density at radius 3 is 2.54 bits per heavy atom. The number of ether oxygens (including phenoxy) is 1. The van der Waals surface area contributed by atoms with Crippen LogP contribution < -0.4 is 10.3 Å². The number of nitrogens with zero attached hydrogens (tertiary/aromatic N) is 2. The molecule has 3 rings (SSSR count). The molecule has 2 aromatic rings. The van der Waals surface area contributed by atoms with Gasteiger partial charge in [-0.2, -0.15) is 13.2 Å². The summed E-state index contributed by atoms with van der Waals surface area (Å²) >= 11 is 0. The highest BCUT2D eigenvalue weighted by atomic mass is 19.4. The fourth-order valence-corrected chi connectivity index (χ4v) is 2.61. The lowest BCUT2D eigenvalue weighted by Gasteiger charge is -2.22. The van der Waals surface area contributed by atoms with Crippen LogP contribution in [-0.2, 0) is 16.1 Å². The monoisotopic (exact) mass is 399 g/mol. The largest absolute Gasteiger partial charge is 0.470 e. The van der Waals surface area contributed by atoms with Crippen molar-refractivity contribution < 1.29 is 31.5 Å². The van der Waals surface area contributed by atoms with Gasteiger partial charge in [-0.3, -0.25) is 10.2 Å². The number of amides is 1. The van der Waals surface area contributed by atoms with Crippen molar-refractivity contribution in [3.8, 4) is 0 Å². The number of hydrazone groups is 1. The van der Waals surface area contributed by atoms with Crippen LogP contribution in [0.1, 0.15) is 24.3 Å². The maximum atomic E-state index is 14.5. The summed E-state index contributed by atoms with van der Waals surface area (Å²) in [6, 6.07) is 8.94. The highest BCUT2D eigenvalue weighted by Crippen LogP contribution is 2.28. The van der Waals surface area contributed by atoms with Crippen LogP contribution in [0, 0.1) is 11.6 Å². The molecule has 1 amide bonds. The number of anilines is 1. The highest BCUT2D eigenvalue weighted by molar-refractivity contribution is 5.91. The lowest BCUT2D eigenvalue weighted by molar-refractivity contribution is -0.116. The average molecular weight is 399 g/mol. The standard InChI is InChI=1S/C18H14F5N3O2/c1-10(27)26(14-4-2-3-13(19)8-14)9-12-6-5-11(7-15(12)20)16-24-25-17(28-16)18(21,22)23/h2-8,16,24H,9H2,1H3. The number of alkyl halides is 3. The van der Waals surface area contributed by atoms with Crippen LogP contribution in [0.15, 0.2) is 47.6 Å². The number of hydrogen-bond acceptors (Lipinski definition) is 4. The smallest absolute Gasteiger partial charge is 0.443 e. The molecule has 1 heterocycles. The van der Waals surface area contributed by atoms with E-state index in [2.05, 4.69) is 15.3 Å². The first-order valence-electron chi connectivity index (χ1n) is 8.04. The van der Waals surface area contributed by atoms with Crippen LogP contribution in [0.4, 0.5) is 27.6 Å². The van der Waals surface area contributed by atoms with E-state index in [9.17, 15) is 26.7 Å². The Kier molecular flexibility index (Phi) is 5.21. The van der Waals surface area contributed by atoms with Gasteiger partial charge in [0.05, 0.1) is 6.54 Å². The number of carbonyl (C=O) groups is 1. The summed E-state index contributed by atoms with van der Waals surface area (Å²) < 4.78 is 70.3. The number of hydrogen-bond donors (Lipinski definition) is 1. The van der Waals surface area contributed by atoms with Gasteiger partial charge in [-0.25, -0.2) is 8.78 Å². The van der Waals surface area contributed by atoms with E-state index in [-0.39, 0.29) is 23.4 Å². The number of carbonyl (C=O) groups excluding carboxylic acids is 1. The molecule has 1 aliphatic heterocycles. The molecule has 0 saturated heterocycles. The molecule has 5 nitrogen and oxygen atoms in total. The van der Waals surface area contributed by atoms with Crippen molar-refractivity contribution in [2.75, 3.05) is 4.90 Å². The molecule has 10 heteroatoms. The minimum Gasteiger partial charge on any atom is -0.443 e. The number of rotatable bonds is 4. The average Bonchev–Trinajstić information content (AvgIpc) is 3.11. The molecule has 1 atom stereocenters. The molecule has 2 aromatic carbocycles. The molecular formula is C18H14F5N3O2. The lowest BCUT2D eigenvalue weighted by atomic mass is 10.1. The fourth-order valence-electron chi connectivity index (χ4n) is 2.61. The first kappa shape index (κ1) is 19.6. The van der Waals surface area contributed by atoms with Crippen molar-refractivity contribution in [1.29, 1.82) is 0 Å². The third-order valence-corrected chi connectivity index (χ3v) is 3.96. The van der Waals surface area contributed by atoms with Crippen LogP contribution in [0.5, 0.6) is 0 Å². The van der Waals surface area contributed by atoms with Gasteiger partial charge in [0.25, 0.3) is 0 Å². The van der Waals surface area contributed by atoms with Crippen molar-refractivity contribution in [1.82, 2.24) is 5.43 Å². The molecule has 0 bridgehead atoms. The molecule has 0 fully saturated rings. The van der Waals surface area contributed by atoms with Gasteiger partial charge < -0.3 is 9.64 Å². The Morgan fingerprint density at radius 2 is 1.96 bits per heavy atom. The zero-order valence-corrected chi connectivity index (χ0v) is 14.4. The Balaban J connectivity index is 1.78. The first-order chi connectivity index (χ1) is 13.1. The normalized spacial score (nSPS) is 16.2. The zero-order valence-electron chi connectivity index (χ0n) is 14.4. The molecule has 148 valence electrons. The summed E-state index contributed by atoms with van der Waals surface area (Å²) in [5, 5.41) is 3.04. The van der Waals surface area contributed by atoms with E-state index >= 15 is 0 Å². The van der Waals surface area contributed by atoms with Crippen LogP contribution in [0.3, 0.4) is 0 Å². The predicted molar refractivity (Wildman–Crippen MR) is 90.1 cm³/mol. The zero-order chi connectivity index (χ0) is 20.5. The Bertz CT molecular complexity index is 930. The molecule has 1 aliphatic rings. The molecule has 0 saturated carbocycles. The summed E-state index contributed by atoms with van der Waals surface area (Å²) in [6.07, 6.45) is -6.04. The Morgan fingerprint density at radius 1 is 1.21 bits per heavy atom.